The molecular formula is C8H11N5O. The lowest BCUT2D eigenvalue weighted by molar-refractivity contribution is -0.116. The molecule has 3 N–H and O–H groups in total. The largest absolute Gasteiger partial charge is 0.314 e. The highest BCUT2D eigenvalue weighted by Gasteiger charge is 2.36. The normalized spacial score (nSPS) is 29.4. The van der Waals surface area contributed by atoms with Crippen molar-refractivity contribution in [3.63, 3.8) is 0 Å². The summed E-state index contributed by atoms with van der Waals surface area (Å²) in [5.41, 5.74) is 6.12. The first-order valence-electron chi connectivity index (χ1n) is 4.46. The highest BCUT2D eigenvalue weighted by Crippen LogP contribution is 2.14. The Morgan fingerprint density at radius 2 is 2.43 bits per heavy atom. The van der Waals surface area contributed by atoms with Gasteiger partial charge in [-0.15, -0.1) is 0 Å². The van der Waals surface area contributed by atoms with E-state index in [1.807, 2.05) is 6.92 Å². The molecule has 0 spiro atoms. The van der Waals surface area contributed by atoms with Gasteiger partial charge in [0.15, 0.2) is 17.3 Å². The SMILES string of the molecule is CCCC1(N)N=C2N=CN=C2C(=O)N1. The number of amides is 1. The van der Waals surface area contributed by atoms with Crippen LogP contribution in [-0.4, -0.2) is 29.6 Å². The highest BCUT2D eigenvalue weighted by atomic mass is 16.2. The zero-order valence-corrected chi connectivity index (χ0v) is 7.82. The van der Waals surface area contributed by atoms with Gasteiger partial charge in [-0.1, -0.05) is 13.3 Å². The number of hydrogen-bond acceptors (Lipinski definition) is 5. The lowest BCUT2D eigenvalue weighted by Gasteiger charge is -2.29. The maximum absolute atomic E-state index is 11.5. The topological polar surface area (TPSA) is 92.2 Å². The van der Waals surface area contributed by atoms with E-state index >= 15 is 0 Å². The Morgan fingerprint density at radius 1 is 1.64 bits per heavy atom. The van der Waals surface area contributed by atoms with Crippen molar-refractivity contribution >= 4 is 23.8 Å². The number of nitrogens with two attached hydrogens (primary N) is 1. The second-order valence-corrected chi connectivity index (χ2v) is 3.29. The van der Waals surface area contributed by atoms with E-state index in [1.165, 1.54) is 6.34 Å². The number of amidine groups is 1. The predicted molar refractivity (Wildman–Crippen MR) is 53.3 cm³/mol. The maximum atomic E-state index is 11.5. The molecule has 14 heavy (non-hydrogen) atoms. The zero-order valence-electron chi connectivity index (χ0n) is 7.82. The fourth-order valence-corrected chi connectivity index (χ4v) is 1.47. The molecule has 2 aliphatic rings. The van der Waals surface area contributed by atoms with E-state index in [-0.39, 0.29) is 11.6 Å². The van der Waals surface area contributed by atoms with Crippen LogP contribution in [0.4, 0.5) is 0 Å². The van der Waals surface area contributed by atoms with Crippen LogP contribution in [0.2, 0.25) is 0 Å². The second-order valence-electron chi connectivity index (χ2n) is 3.29. The summed E-state index contributed by atoms with van der Waals surface area (Å²) < 4.78 is 0. The minimum atomic E-state index is -1.01. The van der Waals surface area contributed by atoms with Gasteiger partial charge in [0.05, 0.1) is 0 Å². The van der Waals surface area contributed by atoms with E-state index in [2.05, 4.69) is 20.3 Å². The van der Waals surface area contributed by atoms with Gasteiger partial charge in [0.1, 0.15) is 6.34 Å². The Hall–Kier alpha value is -1.56. The number of nitrogens with one attached hydrogen (secondary N) is 1. The monoisotopic (exact) mass is 193 g/mol. The first-order valence-corrected chi connectivity index (χ1v) is 4.46. The van der Waals surface area contributed by atoms with Crippen LogP contribution in [0.3, 0.4) is 0 Å². The number of rotatable bonds is 2. The Kier molecular flexibility index (Phi) is 1.92. The lowest BCUT2D eigenvalue weighted by atomic mass is 10.1. The van der Waals surface area contributed by atoms with E-state index in [9.17, 15) is 4.79 Å². The van der Waals surface area contributed by atoms with Crippen LogP contribution in [0.25, 0.3) is 0 Å². The molecule has 0 saturated carbocycles. The van der Waals surface area contributed by atoms with Crippen molar-refractivity contribution in [2.24, 2.45) is 20.7 Å². The Morgan fingerprint density at radius 3 is 3.14 bits per heavy atom. The van der Waals surface area contributed by atoms with Crippen LogP contribution < -0.4 is 11.1 Å². The van der Waals surface area contributed by atoms with Crippen molar-refractivity contribution in [1.29, 1.82) is 0 Å². The first-order chi connectivity index (χ1) is 6.64. The smallest absolute Gasteiger partial charge is 0.276 e. The molecule has 74 valence electrons. The average Bonchev–Trinajstić information content (AvgIpc) is 2.51. The molecule has 0 aromatic heterocycles. The fourth-order valence-electron chi connectivity index (χ4n) is 1.47. The van der Waals surface area contributed by atoms with Gasteiger partial charge >= 0.3 is 0 Å². The lowest BCUT2D eigenvalue weighted by Crippen LogP contribution is -2.60. The van der Waals surface area contributed by atoms with Gasteiger partial charge in [0.2, 0.25) is 0 Å². The van der Waals surface area contributed by atoms with E-state index in [4.69, 9.17) is 5.73 Å². The third kappa shape index (κ3) is 1.33. The molecular weight excluding hydrogens is 182 g/mol. The Bertz CT molecular complexity index is 370. The van der Waals surface area contributed by atoms with Crippen molar-refractivity contribution in [3.8, 4) is 0 Å². The molecule has 2 heterocycles. The minimum Gasteiger partial charge on any atom is -0.314 e. The van der Waals surface area contributed by atoms with E-state index in [0.29, 0.717) is 12.3 Å². The molecule has 1 unspecified atom stereocenters. The number of nitrogens with zero attached hydrogens (tertiary/aromatic N) is 3. The molecule has 0 aromatic rings. The maximum Gasteiger partial charge on any atom is 0.276 e. The summed E-state index contributed by atoms with van der Waals surface area (Å²) in [6.45, 7) is 1.97. The summed E-state index contributed by atoms with van der Waals surface area (Å²) in [6.07, 6.45) is 2.74. The van der Waals surface area contributed by atoms with Crippen molar-refractivity contribution in [1.82, 2.24) is 5.32 Å². The molecule has 2 aliphatic heterocycles. The molecule has 0 fully saturated rings. The number of hydrogen-bond donors (Lipinski definition) is 2. The van der Waals surface area contributed by atoms with Gasteiger partial charge in [-0.3, -0.25) is 10.5 Å². The van der Waals surface area contributed by atoms with E-state index in [0.717, 1.165) is 6.42 Å². The molecule has 6 nitrogen and oxygen atoms in total. The molecule has 0 radical (unpaired) electrons. The van der Waals surface area contributed by atoms with Crippen LogP contribution in [0, 0.1) is 0 Å². The first kappa shape index (κ1) is 9.01. The molecule has 1 amide bonds. The summed E-state index contributed by atoms with van der Waals surface area (Å²) in [5, 5.41) is 2.61. The van der Waals surface area contributed by atoms with Gasteiger partial charge in [0, 0.05) is 6.42 Å². The summed E-state index contributed by atoms with van der Waals surface area (Å²) in [5.74, 6) is -0.977. The van der Waals surface area contributed by atoms with Crippen LogP contribution in [0.1, 0.15) is 19.8 Å². The average molecular weight is 193 g/mol. The van der Waals surface area contributed by atoms with Gasteiger partial charge in [-0.05, 0) is 0 Å². The molecule has 0 saturated heterocycles. The third-order valence-corrected chi connectivity index (χ3v) is 2.06. The van der Waals surface area contributed by atoms with Gasteiger partial charge in [-0.2, -0.15) is 0 Å². The van der Waals surface area contributed by atoms with Crippen LogP contribution in [0.5, 0.6) is 0 Å². The van der Waals surface area contributed by atoms with Crippen LogP contribution in [0.15, 0.2) is 15.0 Å². The third-order valence-electron chi connectivity index (χ3n) is 2.06. The van der Waals surface area contributed by atoms with Gasteiger partial charge in [-0.25, -0.2) is 15.0 Å². The molecule has 2 rings (SSSR count). The minimum absolute atomic E-state index is 0.252. The van der Waals surface area contributed by atoms with Crippen molar-refractivity contribution in [2.45, 2.75) is 25.6 Å². The van der Waals surface area contributed by atoms with E-state index < -0.39 is 5.79 Å². The molecule has 1 atom stereocenters. The second kappa shape index (κ2) is 2.98. The van der Waals surface area contributed by atoms with E-state index in [1.54, 1.807) is 0 Å². The van der Waals surface area contributed by atoms with Gasteiger partial charge in [0.25, 0.3) is 5.91 Å². The van der Waals surface area contributed by atoms with Crippen molar-refractivity contribution < 1.29 is 4.79 Å². The predicted octanol–water partition coefficient (Wildman–Crippen LogP) is -0.590. The summed E-state index contributed by atoms with van der Waals surface area (Å²) in [6, 6.07) is 0. The number of aliphatic imine (C=N–C) groups is 3. The van der Waals surface area contributed by atoms with Crippen LogP contribution >= 0.6 is 0 Å². The number of fused-ring (bicyclic) bond motifs is 1. The summed E-state index contributed by atoms with van der Waals surface area (Å²) >= 11 is 0. The van der Waals surface area contributed by atoms with Crippen molar-refractivity contribution in [2.75, 3.05) is 0 Å². The quantitative estimate of drug-likeness (QED) is 0.613. The Balaban J connectivity index is 2.35. The zero-order chi connectivity index (χ0) is 10.2. The molecule has 6 heteroatoms. The standard InChI is InChI=1S/C8H11N5O/c1-2-3-8(9)12-6-5(7(14)13-8)10-4-11-6/h4H,2-3,9H2,1H3,(H,13,14). The van der Waals surface area contributed by atoms with Crippen molar-refractivity contribution in [3.05, 3.63) is 0 Å². The highest BCUT2D eigenvalue weighted by molar-refractivity contribution is 6.69. The molecule has 0 bridgehead atoms. The summed E-state index contributed by atoms with van der Waals surface area (Å²) in [4.78, 5) is 23.3. The van der Waals surface area contributed by atoms with Gasteiger partial charge < -0.3 is 5.32 Å². The van der Waals surface area contributed by atoms with Crippen LogP contribution in [-0.2, 0) is 4.79 Å². The molecule has 0 aromatic carbocycles. The number of carbonyl (C=O) groups excluding carboxylic acids is 1. The fraction of sp³-hybridized carbons (Fsp3) is 0.500. The number of carbonyl (C=O) groups is 1. The Labute approximate surface area is 81.0 Å². The summed E-state index contributed by atoms with van der Waals surface area (Å²) in [7, 11) is 0. The molecule has 0 aliphatic carbocycles.